The van der Waals surface area contributed by atoms with Gasteiger partial charge in [0.05, 0.1) is 17.9 Å². The van der Waals surface area contributed by atoms with E-state index in [9.17, 15) is 22.9 Å². The lowest BCUT2D eigenvalue weighted by Crippen LogP contribution is -2.13. The maximum absolute atomic E-state index is 13.3. The summed E-state index contributed by atoms with van der Waals surface area (Å²) in [5.74, 6) is -0.790. The van der Waals surface area contributed by atoms with Crippen LogP contribution in [0.1, 0.15) is 29.8 Å². The minimum atomic E-state index is -4.69. The van der Waals surface area contributed by atoms with E-state index in [4.69, 9.17) is 27.9 Å². The van der Waals surface area contributed by atoms with E-state index >= 15 is 0 Å². The van der Waals surface area contributed by atoms with Crippen molar-refractivity contribution in [2.24, 2.45) is 10.2 Å². The Morgan fingerprint density at radius 2 is 1.77 bits per heavy atom. The number of benzene rings is 4. The number of carbonyl (C=O) groups excluding carboxylic acids is 1. The molecule has 0 radical (unpaired) electrons. The number of hydrogen-bond acceptors (Lipinski definition) is 7. The molecule has 39 heavy (non-hydrogen) atoms. The number of nitrogens with zero attached hydrogens (tertiary/aromatic N) is 2. The zero-order valence-electron chi connectivity index (χ0n) is 20.8. The zero-order valence-corrected chi connectivity index (χ0v) is 23.1. The maximum Gasteiger partial charge on any atom is 0.296 e. The molecule has 0 atom stereocenters. The maximum atomic E-state index is 13.3. The van der Waals surface area contributed by atoms with Crippen molar-refractivity contribution in [1.82, 2.24) is 0 Å². The lowest BCUT2D eigenvalue weighted by Gasteiger charge is -2.14. The molecule has 4 aromatic rings. The Hall–Kier alpha value is -3.70. The molecule has 0 aliphatic heterocycles. The predicted octanol–water partition coefficient (Wildman–Crippen LogP) is 7.73. The number of halogens is 2. The Kier molecular flexibility index (Phi) is 8.41. The van der Waals surface area contributed by atoms with Crippen molar-refractivity contribution in [1.29, 1.82) is 0 Å². The first-order valence-corrected chi connectivity index (χ1v) is 13.9. The van der Waals surface area contributed by atoms with Gasteiger partial charge in [0.2, 0.25) is 0 Å². The molecule has 0 saturated heterocycles. The molecule has 202 valence electrons. The molecule has 4 rings (SSSR count). The first kappa shape index (κ1) is 28.3. The largest absolute Gasteiger partial charge is 0.505 e. The number of fused-ring (bicyclic) bond motifs is 1. The molecule has 3 N–H and O–H groups in total. The van der Waals surface area contributed by atoms with Crippen LogP contribution in [0.15, 0.2) is 75.8 Å². The number of aryl methyl sites for hydroxylation is 1. The van der Waals surface area contributed by atoms with Crippen molar-refractivity contribution < 1.29 is 27.6 Å². The van der Waals surface area contributed by atoms with Crippen LogP contribution in [0, 0.1) is 0 Å². The Morgan fingerprint density at radius 3 is 2.46 bits per heavy atom. The van der Waals surface area contributed by atoms with Gasteiger partial charge < -0.3 is 15.2 Å². The zero-order chi connectivity index (χ0) is 28.3. The average molecular weight is 588 g/mol. The molecule has 0 fully saturated rings. The van der Waals surface area contributed by atoms with Gasteiger partial charge in [-0.05, 0) is 54.6 Å². The minimum Gasteiger partial charge on any atom is -0.505 e. The SMILES string of the molecule is CCOc1cc(Cl)ccc1NC(=O)c1cc2ccccc2c(N=Nc2cc(CC)c(Cl)cc2S(=O)(=O)O)c1O. The standard InChI is InChI=1S/C27H23Cl2N3O6S/c1-3-15-12-22(24(14-20(15)29)39(35,36)37)31-32-25-18-8-6-5-7-16(18)11-19(26(25)33)27(34)30-21-10-9-17(28)13-23(21)38-4-2/h5-14,33H,3-4H2,1-2H3,(H,30,34)(H,35,36,37). The number of anilines is 1. The lowest BCUT2D eigenvalue weighted by atomic mass is 10.0. The van der Waals surface area contributed by atoms with Gasteiger partial charge >= 0.3 is 0 Å². The summed E-state index contributed by atoms with van der Waals surface area (Å²) in [6.45, 7) is 3.94. The van der Waals surface area contributed by atoms with Crippen LogP contribution in [0.2, 0.25) is 10.0 Å². The molecule has 0 spiro atoms. The van der Waals surface area contributed by atoms with E-state index < -0.39 is 26.7 Å². The van der Waals surface area contributed by atoms with E-state index in [-0.39, 0.29) is 22.0 Å². The van der Waals surface area contributed by atoms with E-state index in [2.05, 4.69) is 15.5 Å². The van der Waals surface area contributed by atoms with Crippen LogP contribution in [0.4, 0.5) is 17.1 Å². The second-order valence-corrected chi connectivity index (χ2v) is 10.5. The van der Waals surface area contributed by atoms with Crippen molar-refractivity contribution in [3.63, 3.8) is 0 Å². The van der Waals surface area contributed by atoms with Gasteiger partial charge in [-0.2, -0.15) is 8.42 Å². The fraction of sp³-hybridized carbons (Fsp3) is 0.148. The predicted molar refractivity (Wildman–Crippen MR) is 151 cm³/mol. The molecular weight excluding hydrogens is 565 g/mol. The van der Waals surface area contributed by atoms with Crippen molar-refractivity contribution in [3.05, 3.63) is 81.8 Å². The number of hydrogen-bond donors (Lipinski definition) is 3. The first-order chi connectivity index (χ1) is 18.5. The molecule has 0 unspecified atom stereocenters. The topological polar surface area (TPSA) is 138 Å². The van der Waals surface area contributed by atoms with Gasteiger partial charge in [0, 0.05) is 21.5 Å². The Labute approximate surface area is 234 Å². The van der Waals surface area contributed by atoms with Crippen LogP contribution in [0.3, 0.4) is 0 Å². The number of phenols is 1. The van der Waals surface area contributed by atoms with Crippen LogP contribution in [-0.4, -0.2) is 30.6 Å². The van der Waals surface area contributed by atoms with E-state index in [1.54, 1.807) is 49.4 Å². The molecule has 4 aromatic carbocycles. The van der Waals surface area contributed by atoms with Crippen LogP contribution in [0.5, 0.6) is 11.5 Å². The normalized spacial score (nSPS) is 11.7. The highest BCUT2D eigenvalue weighted by molar-refractivity contribution is 7.86. The summed E-state index contributed by atoms with van der Waals surface area (Å²) in [5, 5.41) is 23.6. The molecule has 0 aliphatic carbocycles. The number of ether oxygens (including phenoxy) is 1. The fourth-order valence-corrected chi connectivity index (χ4v) is 5.06. The average Bonchev–Trinajstić information content (AvgIpc) is 2.89. The van der Waals surface area contributed by atoms with Gasteiger partial charge in [0.1, 0.15) is 22.0 Å². The van der Waals surface area contributed by atoms with Gasteiger partial charge in [-0.3, -0.25) is 9.35 Å². The number of azo groups is 1. The number of carbonyl (C=O) groups is 1. The van der Waals surface area contributed by atoms with Gasteiger partial charge in [-0.1, -0.05) is 54.4 Å². The minimum absolute atomic E-state index is 0.0753. The van der Waals surface area contributed by atoms with Gasteiger partial charge in [0.25, 0.3) is 16.0 Å². The Morgan fingerprint density at radius 1 is 1.03 bits per heavy atom. The highest BCUT2D eigenvalue weighted by Gasteiger charge is 2.22. The van der Waals surface area contributed by atoms with E-state index in [1.165, 1.54) is 12.1 Å². The molecule has 9 nitrogen and oxygen atoms in total. The summed E-state index contributed by atoms with van der Waals surface area (Å²) in [6, 6.07) is 15.5. The second-order valence-electron chi connectivity index (χ2n) is 8.31. The summed E-state index contributed by atoms with van der Waals surface area (Å²) in [6.07, 6.45) is 0.464. The van der Waals surface area contributed by atoms with Crippen LogP contribution in [-0.2, 0) is 16.5 Å². The molecular formula is C27H23Cl2N3O6S. The Bertz CT molecular complexity index is 1720. The number of amides is 1. The molecule has 1 amide bonds. The van der Waals surface area contributed by atoms with E-state index in [1.807, 2.05) is 6.92 Å². The van der Waals surface area contributed by atoms with Crippen molar-refractivity contribution in [2.45, 2.75) is 25.2 Å². The Balaban J connectivity index is 1.83. The van der Waals surface area contributed by atoms with Crippen LogP contribution in [0.25, 0.3) is 10.8 Å². The number of phenolic OH excluding ortho intramolecular Hbond substituents is 1. The summed E-state index contributed by atoms with van der Waals surface area (Å²) < 4.78 is 39.2. The summed E-state index contributed by atoms with van der Waals surface area (Å²) in [5.41, 5.74) is 0.551. The third-order valence-electron chi connectivity index (χ3n) is 5.78. The molecule has 0 heterocycles. The fourth-order valence-electron chi connectivity index (χ4n) is 3.90. The van der Waals surface area contributed by atoms with Crippen molar-refractivity contribution in [3.8, 4) is 11.5 Å². The van der Waals surface area contributed by atoms with Crippen LogP contribution >= 0.6 is 23.2 Å². The third-order valence-corrected chi connectivity index (χ3v) is 7.25. The van der Waals surface area contributed by atoms with Crippen molar-refractivity contribution >= 4 is 67.1 Å². The molecule has 0 aromatic heterocycles. The monoisotopic (exact) mass is 587 g/mol. The highest BCUT2D eigenvalue weighted by atomic mass is 35.5. The smallest absolute Gasteiger partial charge is 0.296 e. The van der Waals surface area contributed by atoms with Crippen LogP contribution < -0.4 is 10.1 Å². The quantitative estimate of drug-likeness (QED) is 0.142. The lowest BCUT2D eigenvalue weighted by molar-refractivity contribution is 0.102. The summed E-state index contributed by atoms with van der Waals surface area (Å²) >= 11 is 12.2. The number of aromatic hydroxyl groups is 1. The van der Waals surface area contributed by atoms with Gasteiger partial charge in [-0.15, -0.1) is 10.2 Å². The first-order valence-electron chi connectivity index (χ1n) is 11.7. The van der Waals surface area contributed by atoms with Gasteiger partial charge in [0.15, 0.2) is 5.75 Å². The highest BCUT2D eigenvalue weighted by Crippen LogP contribution is 2.41. The molecule has 0 aliphatic rings. The van der Waals surface area contributed by atoms with Crippen molar-refractivity contribution in [2.75, 3.05) is 11.9 Å². The van der Waals surface area contributed by atoms with E-state index in [0.717, 1.165) is 6.07 Å². The second kappa shape index (κ2) is 11.6. The van der Waals surface area contributed by atoms with Gasteiger partial charge in [-0.25, -0.2) is 0 Å². The molecule has 0 bridgehead atoms. The van der Waals surface area contributed by atoms with E-state index in [0.29, 0.717) is 45.8 Å². The molecule has 12 heteroatoms. The summed E-state index contributed by atoms with van der Waals surface area (Å²) in [4.78, 5) is 12.7. The molecule has 0 saturated carbocycles. The summed E-state index contributed by atoms with van der Waals surface area (Å²) in [7, 11) is -4.69. The number of rotatable bonds is 8. The number of nitrogens with one attached hydrogen (secondary N) is 1. The third kappa shape index (κ3) is 6.15.